The van der Waals surface area contributed by atoms with Crippen LogP contribution in [-0.2, 0) is 7.05 Å². The molecule has 0 bridgehead atoms. The van der Waals surface area contributed by atoms with E-state index in [0.29, 0.717) is 11.4 Å². The van der Waals surface area contributed by atoms with Gasteiger partial charge in [-0.3, -0.25) is 0 Å². The lowest BCUT2D eigenvalue weighted by molar-refractivity contribution is 0.432. The molecule has 0 unspecified atom stereocenters. The molecule has 0 radical (unpaired) electrons. The van der Waals surface area contributed by atoms with Crippen molar-refractivity contribution >= 4 is 32.5 Å². The molecule has 0 amide bonds. The van der Waals surface area contributed by atoms with Gasteiger partial charge in [-0.1, -0.05) is 27.2 Å². The van der Waals surface area contributed by atoms with Gasteiger partial charge in [0.2, 0.25) is 0 Å². The summed E-state index contributed by atoms with van der Waals surface area (Å²) in [6, 6.07) is 6.15. The van der Waals surface area contributed by atoms with Crippen molar-refractivity contribution in [1.29, 1.82) is 0 Å². The zero-order valence-corrected chi connectivity index (χ0v) is 11.7. The number of fused-ring (bicyclic) bond motifs is 1. The normalized spacial score (nSPS) is 11.3. The lowest BCUT2D eigenvalue weighted by atomic mass is 10.1. The second-order valence-corrected chi connectivity index (χ2v) is 5.21. The van der Waals surface area contributed by atoms with Gasteiger partial charge in [-0.25, -0.2) is 0 Å². The zero-order chi connectivity index (χ0) is 12.9. The Morgan fingerprint density at radius 2 is 2.17 bits per heavy atom. The smallest absolute Gasteiger partial charge is 0.192 e. The highest BCUT2D eigenvalue weighted by atomic mass is 79.9. The van der Waals surface area contributed by atoms with Crippen LogP contribution in [0.5, 0.6) is 0 Å². The second-order valence-electron chi connectivity index (χ2n) is 4.29. The van der Waals surface area contributed by atoms with Crippen molar-refractivity contribution in [2.45, 2.75) is 6.92 Å². The van der Waals surface area contributed by atoms with E-state index in [4.69, 9.17) is 10.3 Å². The van der Waals surface area contributed by atoms with E-state index in [2.05, 4.69) is 37.8 Å². The SMILES string of the molecule is Cc1c(-c2oncc2N)c2ccc(Br)cc2n1C. The van der Waals surface area contributed by atoms with Crippen LogP contribution < -0.4 is 5.73 Å². The third-order valence-electron chi connectivity index (χ3n) is 3.28. The molecule has 4 nitrogen and oxygen atoms in total. The van der Waals surface area contributed by atoms with E-state index in [1.54, 1.807) is 0 Å². The van der Waals surface area contributed by atoms with Gasteiger partial charge in [-0.15, -0.1) is 0 Å². The van der Waals surface area contributed by atoms with Crippen LogP contribution in [0.3, 0.4) is 0 Å². The number of nitrogens with zero attached hydrogens (tertiary/aromatic N) is 2. The fraction of sp³-hybridized carbons (Fsp3) is 0.154. The molecule has 1 aromatic carbocycles. The fourth-order valence-electron chi connectivity index (χ4n) is 2.26. The van der Waals surface area contributed by atoms with Crippen LogP contribution in [0.2, 0.25) is 0 Å². The van der Waals surface area contributed by atoms with Crippen molar-refractivity contribution in [3.63, 3.8) is 0 Å². The Morgan fingerprint density at radius 1 is 1.39 bits per heavy atom. The van der Waals surface area contributed by atoms with Gasteiger partial charge in [0, 0.05) is 28.1 Å². The Labute approximate surface area is 112 Å². The topological polar surface area (TPSA) is 57.0 Å². The monoisotopic (exact) mass is 305 g/mol. The van der Waals surface area contributed by atoms with Gasteiger partial charge in [0.15, 0.2) is 5.76 Å². The van der Waals surface area contributed by atoms with Gasteiger partial charge in [0.1, 0.15) is 5.69 Å². The summed E-state index contributed by atoms with van der Waals surface area (Å²) in [5.41, 5.74) is 9.70. The summed E-state index contributed by atoms with van der Waals surface area (Å²) in [6.07, 6.45) is 1.53. The molecule has 3 aromatic rings. The Balaban J connectivity index is 2.43. The lowest BCUT2D eigenvalue weighted by Gasteiger charge is -1.99. The van der Waals surface area contributed by atoms with Crippen LogP contribution in [0, 0.1) is 6.92 Å². The van der Waals surface area contributed by atoms with Crippen LogP contribution in [0.25, 0.3) is 22.2 Å². The molecule has 0 aliphatic carbocycles. The van der Waals surface area contributed by atoms with Gasteiger partial charge < -0.3 is 14.8 Å². The first-order chi connectivity index (χ1) is 8.59. The van der Waals surface area contributed by atoms with E-state index in [0.717, 1.165) is 26.6 Å². The molecule has 0 spiro atoms. The molecule has 18 heavy (non-hydrogen) atoms. The van der Waals surface area contributed by atoms with E-state index in [9.17, 15) is 0 Å². The molecule has 5 heteroatoms. The minimum atomic E-state index is 0.563. The molecule has 0 saturated heterocycles. The van der Waals surface area contributed by atoms with Crippen molar-refractivity contribution in [3.8, 4) is 11.3 Å². The Morgan fingerprint density at radius 3 is 2.83 bits per heavy atom. The van der Waals surface area contributed by atoms with Crippen LogP contribution in [0.15, 0.2) is 33.4 Å². The maximum atomic E-state index is 5.90. The maximum Gasteiger partial charge on any atom is 0.192 e. The Bertz CT molecular complexity index is 742. The van der Waals surface area contributed by atoms with E-state index in [1.165, 1.54) is 6.20 Å². The summed E-state index contributed by atoms with van der Waals surface area (Å²) in [7, 11) is 2.03. The van der Waals surface area contributed by atoms with Crippen molar-refractivity contribution < 1.29 is 4.52 Å². The third-order valence-corrected chi connectivity index (χ3v) is 3.77. The number of nitrogen functional groups attached to an aromatic ring is 1. The van der Waals surface area contributed by atoms with Crippen molar-refractivity contribution in [2.24, 2.45) is 7.05 Å². The number of rotatable bonds is 1. The first kappa shape index (κ1) is 11.3. The Hall–Kier alpha value is -1.75. The van der Waals surface area contributed by atoms with Crippen LogP contribution in [-0.4, -0.2) is 9.72 Å². The van der Waals surface area contributed by atoms with Crippen molar-refractivity contribution in [3.05, 3.63) is 34.6 Å². The summed E-state index contributed by atoms with van der Waals surface area (Å²) >= 11 is 3.49. The first-order valence-corrected chi connectivity index (χ1v) is 6.34. The predicted molar refractivity (Wildman–Crippen MR) is 75.3 cm³/mol. The summed E-state index contributed by atoms with van der Waals surface area (Å²) in [6.45, 7) is 2.05. The van der Waals surface area contributed by atoms with Gasteiger partial charge in [-0.05, 0) is 19.1 Å². The van der Waals surface area contributed by atoms with Gasteiger partial charge in [-0.2, -0.15) is 0 Å². The van der Waals surface area contributed by atoms with Gasteiger partial charge in [0.25, 0.3) is 0 Å². The highest BCUT2D eigenvalue weighted by Gasteiger charge is 2.19. The molecular formula is C13H12BrN3O. The Kier molecular flexibility index (Phi) is 2.45. The van der Waals surface area contributed by atoms with E-state index < -0.39 is 0 Å². The molecule has 3 rings (SSSR count). The summed E-state index contributed by atoms with van der Waals surface area (Å²) in [5.74, 6) is 0.639. The molecule has 0 atom stereocenters. The average molecular weight is 306 g/mol. The highest BCUT2D eigenvalue weighted by molar-refractivity contribution is 9.10. The number of halogens is 1. The van der Waals surface area contributed by atoms with Gasteiger partial charge >= 0.3 is 0 Å². The second kappa shape index (κ2) is 3.88. The van der Waals surface area contributed by atoms with E-state index >= 15 is 0 Å². The molecule has 2 heterocycles. The average Bonchev–Trinajstić information content (AvgIpc) is 2.85. The molecule has 2 aromatic heterocycles. The number of benzene rings is 1. The fourth-order valence-corrected chi connectivity index (χ4v) is 2.61. The standard InChI is InChI=1S/C13H12BrN3O/c1-7-12(13-10(15)6-16-18-13)9-4-3-8(14)5-11(9)17(7)2/h3-6H,15H2,1-2H3. The number of aryl methyl sites for hydroxylation is 1. The van der Waals surface area contributed by atoms with Crippen molar-refractivity contribution in [1.82, 2.24) is 9.72 Å². The van der Waals surface area contributed by atoms with E-state index in [1.807, 2.05) is 20.0 Å². The molecule has 2 N–H and O–H groups in total. The zero-order valence-electron chi connectivity index (χ0n) is 10.1. The van der Waals surface area contributed by atoms with E-state index in [-0.39, 0.29) is 0 Å². The molecule has 0 aliphatic rings. The molecular weight excluding hydrogens is 294 g/mol. The predicted octanol–water partition coefficient (Wildman–Crippen LogP) is 3.49. The quantitative estimate of drug-likeness (QED) is 0.749. The van der Waals surface area contributed by atoms with Crippen LogP contribution in [0.4, 0.5) is 5.69 Å². The highest BCUT2D eigenvalue weighted by Crippen LogP contribution is 2.37. The summed E-state index contributed by atoms with van der Waals surface area (Å²) < 4.78 is 8.45. The number of nitrogens with two attached hydrogens (primary N) is 1. The minimum absolute atomic E-state index is 0.563. The minimum Gasteiger partial charge on any atom is -0.394 e. The molecule has 0 aliphatic heterocycles. The lowest BCUT2D eigenvalue weighted by Crippen LogP contribution is -1.91. The maximum absolute atomic E-state index is 5.90. The third kappa shape index (κ3) is 1.47. The molecule has 92 valence electrons. The molecule has 0 fully saturated rings. The summed E-state index contributed by atoms with van der Waals surface area (Å²) in [4.78, 5) is 0. The van der Waals surface area contributed by atoms with Gasteiger partial charge in [0.05, 0.1) is 11.8 Å². The largest absolute Gasteiger partial charge is 0.394 e. The van der Waals surface area contributed by atoms with Crippen LogP contribution in [0.1, 0.15) is 5.69 Å². The number of aromatic nitrogens is 2. The summed E-state index contributed by atoms with van der Waals surface area (Å²) in [5, 5.41) is 4.87. The number of hydrogen-bond acceptors (Lipinski definition) is 3. The number of anilines is 1. The van der Waals surface area contributed by atoms with Crippen molar-refractivity contribution in [2.75, 3.05) is 5.73 Å². The first-order valence-electron chi connectivity index (χ1n) is 5.54. The van der Waals surface area contributed by atoms with Crippen LogP contribution >= 0.6 is 15.9 Å². The molecule has 0 saturated carbocycles. The number of hydrogen-bond donors (Lipinski definition) is 1.